The van der Waals surface area contributed by atoms with Gasteiger partial charge in [-0.15, -0.1) is 0 Å². The summed E-state index contributed by atoms with van der Waals surface area (Å²) in [6, 6.07) is 6.56. The number of furan rings is 1. The SMILES string of the molecule is Cc1cc2cc(NC(=N[C@H]3CCCCN(CC(=O)N4CCCC4)C3=O)NC(=O)CN(C)C(=O)OC(C)(C)C)ccc2o1. The second kappa shape index (κ2) is 13.3. The van der Waals surface area contributed by atoms with E-state index < -0.39 is 23.6 Å². The highest BCUT2D eigenvalue weighted by molar-refractivity contribution is 6.06. The largest absolute Gasteiger partial charge is 0.461 e. The number of aryl methyl sites for hydroxylation is 1. The summed E-state index contributed by atoms with van der Waals surface area (Å²) < 4.78 is 11.0. The summed E-state index contributed by atoms with van der Waals surface area (Å²) >= 11 is 0. The normalized spacial score (nSPS) is 18.2. The molecule has 0 bridgehead atoms. The van der Waals surface area contributed by atoms with E-state index in [1.807, 2.05) is 25.1 Å². The highest BCUT2D eigenvalue weighted by atomic mass is 16.6. The lowest BCUT2D eigenvalue weighted by Gasteiger charge is -2.26. The Bertz CT molecular complexity index is 1340. The van der Waals surface area contributed by atoms with Crippen LogP contribution in [0, 0.1) is 6.92 Å². The Kier molecular flexibility index (Phi) is 9.74. The molecule has 0 saturated carbocycles. The van der Waals surface area contributed by atoms with Crippen molar-refractivity contribution in [2.75, 3.05) is 45.1 Å². The van der Waals surface area contributed by atoms with E-state index >= 15 is 0 Å². The van der Waals surface area contributed by atoms with Gasteiger partial charge in [0, 0.05) is 37.8 Å². The number of likely N-dealkylation sites (N-methyl/N-ethyl adjacent to an activating group) is 1. The summed E-state index contributed by atoms with van der Waals surface area (Å²) in [5.41, 5.74) is 0.643. The fourth-order valence-electron chi connectivity index (χ4n) is 5.02. The smallest absolute Gasteiger partial charge is 0.410 e. The molecule has 12 nitrogen and oxygen atoms in total. The summed E-state index contributed by atoms with van der Waals surface area (Å²) in [6.45, 7) is 8.77. The summed E-state index contributed by atoms with van der Waals surface area (Å²) in [6.07, 6.45) is 3.31. The van der Waals surface area contributed by atoms with Crippen LogP contribution >= 0.6 is 0 Å². The third-order valence-electron chi connectivity index (χ3n) is 7.07. The number of carbonyl (C=O) groups excluding carboxylic acids is 4. The van der Waals surface area contributed by atoms with Crippen LogP contribution in [-0.4, -0.2) is 95.9 Å². The van der Waals surface area contributed by atoms with E-state index in [4.69, 9.17) is 9.15 Å². The third kappa shape index (κ3) is 8.46. The molecule has 0 aliphatic carbocycles. The number of fused-ring (bicyclic) bond motifs is 1. The molecule has 42 heavy (non-hydrogen) atoms. The number of likely N-dealkylation sites (tertiary alicyclic amines) is 2. The van der Waals surface area contributed by atoms with Crippen LogP contribution in [0.4, 0.5) is 10.5 Å². The second-order valence-electron chi connectivity index (χ2n) is 12.0. The number of benzene rings is 1. The first-order valence-corrected chi connectivity index (χ1v) is 14.5. The Morgan fingerprint density at radius 1 is 1.10 bits per heavy atom. The maximum atomic E-state index is 13.6. The van der Waals surface area contributed by atoms with Gasteiger partial charge in [-0.25, -0.2) is 9.79 Å². The number of guanidine groups is 1. The van der Waals surface area contributed by atoms with E-state index in [0.717, 1.165) is 55.5 Å². The number of carbonyl (C=O) groups is 4. The Hall–Kier alpha value is -4.09. The lowest BCUT2D eigenvalue weighted by Crippen LogP contribution is -2.47. The van der Waals surface area contributed by atoms with Gasteiger partial charge in [-0.1, -0.05) is 0 Å². The summed E-state index contributed by atoms with van der Waals surface area (Å²) in [5.74, 6) is 0.0220. The first-order chi connectivity index (χ1) is 19.9. The van der Waals surface area contributed by atoms with E-state index in [0.29, 0.717) is 18.7 Å². The lowest BCUT2D eigenvalue weighted by molar-refractivity contribution is -0.140. The monoisotopic (exact) mass is 582 g/mol. The minimum Gasteiger partial charge on any atom is -0.461 e. The van der Waals surface area contributed by atoms with Gasteiger partial charge in [-0.2, -0.15) is 0 Å². The maximum absolute atomic E-state index is 13.6. The molecule has 2 aliphatic rings. The van der Waals surface area contributed by atoms with Gasteiger partial charge in [-0.05, 0) is 84.1 Å². The van der Waals surface area contributed by atoms with Gasteiger partial charge < -0.3 is 29.2 Å². The molecule has 2 N–H and O–H groups in total. The van der Waals surface area contributed by atoms with Gasteiger partial charge >= 0.3 is 6.09 Å². The summed E-state index contributed by atoms with van der Waals surface area (Å²) in [7, 11) is 1.47. The van der Waals surface area contributed by atoms with Crippen LogP contribution in [0.5, 0.6) is 0 Å². The van der Waals surface area contributed by atoms with Crippen molar-refractivity contribution in [2.24, 2.45) is 4.99 Å². The van der Waals surface area contributed by atoms with Crippen molar-refractivity contribution in [1.29, 1.82) is 0 Å². The van der Waals surface area contributed by atoms with Crippen molar-refractivity contribution in [1.82, 2.24) is 20.0 Å². The molecule has 0 radical (unpaired) electrons. The van der Waals surface area contributed by atoms with Gasteiger partial charge in [0.05, 0.1) is 6.54 Å². The van der Waals surface area contributed by atoms with Crippen molar-refractivity contribution in [3.8, 4) is 0 Å². The molecular formula is C30H42N6O6. The zero-order valence-electron chi connectivity index (χ0n) is 25.2. The summed E-state index contributed by atoms with van der Waals surface area (Å²) in [4.78, 5) is 61.1. The van der Waals surface area contributed by atoms with Crippen LogP contribution in [0.3, 0.4) is 0 Å². The Morgan fingerprint density at radius 2 is 1.81 bits per heavy atom. The standard InChI is InChI=1S/C30H42N6O6/c1-20-16-21-17-22(11-12-24(21)41-20)31-28(33-25(37)18-34(5)29(40)42-30(2,3)4)32-23-10-6-7-15-36(27(23)39)19-26(38)35-13-8-9-14-35/h11-12,16-17,23H,6-10,13-15,18-19H2,1-5H3,(H2,31,32,33,37)/t23-/m0/s1. The second-order valence-corrected chi connectivity index (χ2v) is 12.0. The zero-order valence-corrected chi connectivity index (χ0v) is 25.2. The highest BCUT2D eigenvalue weighted by Crippen LogP contribution is 2.23. The Balaban J connectivity index is 1.53. The average Bonchev–Trinajstić information content (AvgIpc) is 3.53. The van der Waals surface area contributed by atoms with Crippen molar-refractivity contribution in [2.45, 2.75) is 71.4 Å². The molecule has 2 saturated heterocycles. The van der Waals surface area contributed by atoms with Gasteiger partial charge in [-0.3, -0.25) is 19.7 Å². The van der Waals surface area contributed by atoms with Crippen LogP contribution in [0.25, 0.3) is 11.0 Å². The van der Waals surface area contributed by atoms with Crippen LogP contribution < -0.4 is 10.6 Å². The van der Waals surface area contributed by atoms with Crippen molar-refractivity contribution in [3.63, 3.8) is 0 Å². The molecule has 2 aliphatic heterocycles. The van der Waals surface area contributed by atoms with Gasteiger partial charge in [0.1, 0.15) is 29.5 Å². The topological polar surface area (TPSA) is 137 Å². The molecule has 2 fully saturated rings. The minimum absolute atomic E-state index is 0.0250. The molecular weight excluding hydrogens is 540 g/mol. The quantitative estimate of drug-likeness (QED) is 0.393. The molecule has 12 heteroatoms. The van der Waals surface area contributed by atoms with Crippen LogP contribution in [0.2, 0.25) is 0 Å². The number of nitrogens with zero attached hydrogens (tertiary/aromatic N) is 4. The predicted octanol–water partition coefficient (Wildman–Crippen LogP) is 3.50. The lowest BCUT2D eigenvalue weighted by atomic mass is 10.1. The number of ether oxygens (including phenoxy) is 1. The van der Waals surface area contributed by atoms with Crippen LogP contribution in [-0.2, 0) is 19.1 Å². The first kappa shape index (κ1) is 30.9. The molecule has 3 heterocycles. The zero-order chi connectivity index (χ0) is 30.4. The van der Waals surface area contributed by atoms with Crippen LogP contribution in [0.15, 0.2) is 33.7 Å². The third-order valence-corrected chi connectivity index (χ3v) is 7.07. The van der Waals surface area contributed by atoms with Gasteiger partial charge in [0.2, 0.25) is 23.7 Å². The molecule has 1 aromatic heterocycles. The Labute approximate surface area is 246 Å². The molecule has 0 spiro atoms. The number of aliphatic imine (C=N–C) groups is 1. The van der Waals surface area contributed by atoms with Crippen LogP contribution in [0.1, 0.15) is 58.6 Å². The van der Waals surface area contributed by atoms with Crippen molar-refractivity contribution in [3.05, 3.63) is 30.0 Å². The molecule has 4 amide bonds. The number of amides is 4. The van der Waals surface area contributed by atoms with E-state index in [1.54, 1.807) is 36.6 Å². The van der Waals surface area contributed by atoms with Crippen molar-refractivity contribution >= 4 is 46.4 Å². The Morgan fingerprint density at radius 3 is 2.52 bits per heavy atom. The molecule has 0 unspecified atom stereocenters. The van der Waals surface area contributed by atoms with E-state index in [1.165, 1.54) is 11.9 Å². The maximum Gasteiger partial charge on any atom is 0.410 e. The minimum atomic E-state index is -0.787. The van der Waals surface area contributed by atoms with E-state index in [-0.39, 0.29) is 30.9 Å². The van der Waals surface area contributed by atoms with E-state index in [2.05, 4.69) is 15.6 Å². The number of anilines is 1. The predicted molar refractivity (Wildman–Crippen MR) is 159 cm³/mol. The number of rotatable bonds is 6. The fraction of sp³-hybridized carbons (Fsp3) is 0.567. The summed E-state index contributed by atoms with van der Waals surface area (Å²) in [5, 5.41) is 6.74. The number of hydrogen-bond acceptors (Lipinski definition) is 7. The average molecular weight is 583 g/mol. The first-order valence-electron chi connectivity index (χ1n) is 14.5. The molecule has 1 atom stereocenters. The number of hydrogen-bond donors (Lipinski definition) is 2. The molecule has 1 aromatic carbocycles. The molecule has 2 aromatic rings. The molecule has 228 valence electrons. The van der Waals surface area contributed by atoms with E-state index in [9.17, 15) is 19.2 Å². The number of nitrogens with one attached hydrogen (secondary N) is 2. The van der Waals surface area contributed by atoms with Gasteiger partial charge in [0.25, 0.3) is 0 Å². The fourth-order valence-corrected chi connectivity index (χ4v) is 5.02. The van der Waals surface area contributed by atoms with Crippen molar-refractivity contribution < 1.29 is 28.3 Å². The van der Waals surface area contributed by atoms with Gasteiger partial charge in [0.15, 0.2) is 0 Å². The molecule has 4 rings (SSSR count). The highest BCUT2D eigenvalue weighted by Gasteiger charge is 2.31.